The molecule has 0 aromatic carbocycles. The van der Waals surface area contributed by atoms with Crippen molar-refractivity contribution in [2.75, 3.05) is 58.7 Å². The zero-order valence-corrected chi connectivity index (χ0v) is 11.4. The molecular weight excluding hydrogens is 236 g/mol. The lowest BCUT2D eigenvalue weighted by Gasteiger charge is -2.29. The molecule has 6 heteroatoms. The molecule has 1 saturated heterocycles. The highest BCUT2D eigenvalue weighted by Gasteiger charge is 2.12. The van der Waals surface area contributed by atoms with Gasteiger partial charge >= 0.3 is 0 Å². The van der Waals surface area contributed by atoms with Crippen LogP contribution in [0.4, 0.5) is 0 Å². The molecular formula is C11H24N4OS. The predicted octanol–water partition coefficient (Wildman–Crippen LogP) is -0.417. The summed E-state index contributed by atoms with van der Waals surface area (Å²) in [4.78, 5) is 6.99. The molecule has 0 radical (unpaired) electrons. The molecule has 1 heterocycles. The van der Waals surface area contributed by atoms with E-state index < -0.39 is 0 Å². The topological polar surface area (TPSA) is 59.9 Å². The van der Waals surface area contributed by atoms with Gasteiger partial charge in [-0.05, 0) is 19.2 Å². The maximum absolute atomic E-state index is 8.61. The highest BCUT2D eigenvalue weighted by Crippen LogP contribution is 2.06. The number of thioether (sulfide) groups is 1. The summed E-state index contributed by atoms with van der Waals surface area (Å²) in [5.74, 6) is 0. The first-order chi connectivity index (χ1) is 8.38. The first-order valence-electron chi connectivity index (χ1n) is 6.24. The van der Waals surface area contributed by atoms with Gasteiger partial charge in [-0.3, -0.25) is 4.99 Å². The summed E-state index contributed by atoms with van der Waals surface area (Å²) in [7, 11) is 0. The zero-order valence-electron chi connectivity index (χ0n) is 10.6. The number of aliphatic imine (C=N–C) groups is 1. The van der Waals surface area contributed by atoms with Crippen LogP contribution in [0.5, 0.6) is 0 Å². The van der Waals surface area contributed by atoms with Crippen molar-refractivity contribution < 1.29 is 5.11 Å². The van der Waals surface area contributed by atoms with Crippen molar-refractivity contribution in [3.63, 3.8) is 0 Å². The van der Waals surface area contributed by atoms with Crippen LogP contribution in [0.15, 0.2) is 4.99 Å². The molecule has 0 saturated carbocycles. The smallest absolute Gasteiger partial charge is 0.158 e. The number of amidine groups is 1. The molecule has 0 atom stereocenters. The third-order valence-corrected chi connectivity index (χ3v) is 3.37. The second kappa shape index (κ2) is 9.70. The van der Waals surface area contributed by atoms with Gasteiger partial charge < -0.3 is 20.6 Å². The number of rotatable bonds is 6. The molecule has 0 spiro atoms. The highest BCUT2D eigenvalue weighted by atomic mass is 32.2. The molecule has 1 rings (SSSR count). The molecule has 0 bridgehead atoms. The lowest BCUT2D eigenvalue weighted by atomic mass is 10.4. The first kappa shape index (κ1) is 14.8. The summed E-state index contributed by atoms with van der Waals surface area (Å²) < 4.78 is 0. The second-order valence-electron chi connectivity index (χ2n) is 3.93. The Bertz CT molecular complexity index is 220. The normalized spacial score (nSPS) is 17.5. The van der Waals surface area contributed by atoms with Crippen molar-refractivity contribution in [1.29, 1.82) is 0 Å². The monoisotopic (exact) mass is 260 g/mol. The van der Waals surface area contributed by atoms with Crippen LogP contribution >= 0.6 is 11.8 Å². The van der Waals surface area contributed by atoms with Gasteiger partial charge in [-0.1, -0.05) is 11.8 Å². The minimum atomic E-state index is 0.208. The summed E-state index contributed by atoms with van der Waals surface area (Å²) in [6, 6.07) is 0. The lowest BCUT2D eigenvalue weighted by Crippen LogP contribution is -2.45. The molecule has 5 nitrogen and oxygen atoms in total. The number of piperazine rings is 1. The third-order valence-electron chi connectivity index (χ3n) is 2.62. The molecule has 0 aromatic heterocycles. The van der Waals surface area contributed by atoms with Gasteiger partial charge in [0.2, 0.25) is 0 Å². The second-order valence-corrected chi connectivity index (χ2v) is 4.71. The predicted molar refractivity (Wildman–Crippen MR) is 74.8 cm³/mol. The Balaban J connectivity index is 2.19. The van der Waals surface area contributed by atoms with E-state index in [2.05, 4.69) is 26.8 Å². The molecule has 1 aliphatic rings. The average Bonchev–Trinajstić information content (AvgIpc) is 2.39. The minimum absolute atomic E-state index is 0.208. The summed E-state index contributed by atoms with van der Waals surface area (Å²) >= 11 is 1.73. The highest BCUT2D eigenvalue weighted by molar-refractivity contribution is 8.13. The molecule has 100 valence electrons. The molecule has 1 fully saturated rings. The van der Waals surface area contributed by atoms with Gasteiger partial charge in [0.15, 0.2) is 5.17 Å². The number of hydrogen-bond donors (Lipinski definition) is 3. The first-order valence-corrected chi connectivity index (χ1v) is 7.46. The number of aliphatic hydroxyl groups excluding tert-OH is 1. The summed E-state index contributed by atoms with van der Waals surface area (Å²) in [6.07, 6.45) is 3.11. The van der Waals surface area contributed by atoms with E-state index in [-0.39, 0.29) is 6.61 Å². The van der Waals surface area contributed by atoms with Crippen LogP contribution in [0.3, 0.4) is 0 Å². The van der Waals surface area contributed by atoms with Gasteiger partial charge in [0.1, 0.15) is 0 Å². The van der Waals surface area contributed by atoms with E-state index in [4.69, 9.17) is 5.11 Å². The van der Waals surface area contributed by atoms with Crippen molar-refractivity contribution >= 4 is 16.9 Å². The van der Waals surface area contributed by atoms with Crippen LogP contribution in [-0.4, -0.2) is 73.9 Å². The fourth-order valence-electron chi connectivity index (χ4n) is 1.73. The van der Waals surface area contributed by atoms with Gasteiger partial charge in [-0.25, -0.2) is 0 Å². The number of nitrogens with one attached hydrogen (secondary N) is 2. The standard InChI is InChI=1S/C11H24N4OS/c1-17-11(15-8-5-13-6-9-15)14-4-2-3-12-7-10-16/h12-13,16H,2-10H2,1H3/b14-11-. The molecule has 0 aromatic rings. The van der Waals surface area contributed by atoms with Gasteiger partial charge in [-0.2, -0.15) is 0 Å². The van der Waals surface area contributed by atoms with Crippen molar-refractivity contribution in [1.82, 2.24) is 15.5 Å². The third kappa shape index (κ3) is 6.26. The van der Waals surface area contributed by atoms with Gasteiger partial charge in [0.25, 0.3) is 0 Å². The average molecular weight is 260 g/mol. The van der Waals surface area contributed by atoms with E-state index in [0.717, 1.165) is 50.9 Å². The molecule has 17 heavy (non-hydrogen) atoms. The van der Waals surface area contributed by atoms with Crippen molar-refractivity contribution in [2.24, 2.45) is 4.99 Å². The van der Waals surface area contributed by atoms with Crippen LogP contribution in [0.1, 0.15) is 6.42 Å². The Morgan fingerprint density at radius 2 is 2.18 bits per heavy atom. The summed E-state index contributed by atoms with van der Waals surface area (Å²) in [6.45, 7) is 6.89. The quantitative estimate of drug-likeness (QED) is 0.344. The van der Waals surface area contributed by atoms with Gasteiger partial charge in [-0.15, -0.1) is 0 Å². The van der Waals surface area contributed by atoms with E-state index in [9.17, 15) is 0 Å². The Morgan fingerprint density at radius 1 is 1.41 bits per heavy atom. The Kier molecular flexibility index (Phi) is 8.42. The molecule has 0 unspecified atom stereocenters. The Morgan fingerprint density at radius 3 is 2.82 bits per heavy atom. The molecule has 0 amide bonds. The number of hydrogen-bond acceptors (Lipinski definition) is 5. The van der Waals surface area contributed by atoms with E-state index in [0.29, 0.717) is 6.54 Å². The van der Waals surface area contributed by atoms with Crippen LogP contribution in [0.25, 0.3) is 0 Å². The van der Waals surface area contributed by atoms with Crippen molar-refractivity contribution in [2.45, 2.75) is 6.42 Å². The maximum atomic E-state index is 8.61. The van der Waals surface area contributed by atoms with E-state index in [1.807, 2.05) is 0 Å². The fraction of sp³-hybridized carbons (Fsp3) is 0.909. The van der Waals surface area contributed by atoms with Crippen LogP contribution < -0.4 is 10.6 Å². The molecule has 3 N–H and O–H groups in total. The molecule has 0 aliphatic carbocycles. The van der Waals surface area contributed by atoms with Crippen LogP contribution in [0.2, 0.25) is 0 Å². The van der Waals surface area contributed by atoms with E-state index in [1.165, 1.54) is 0 Å². The summed E-state index contributed by atoms with van der Waals surface area (Å²) in [5.41, 5.74) is 0. The number of nitrogens with zero attached hydrogens (tertiary/aromatic N) is 2. The minimum Gasteiger partial charge on any atom is -0.395 e. The van der Waals surface area contributed by atoms with E-state index >= 15 is 0 Å². The Labute approximate surface area is 108 Å². The number of aliphatic hydroxyl groups is 1. The van der Waals surface area contributed by atoms with Gasteiger partial charge in [0.05, 0.1) is 6.61 Å². The van der Waals surface area contributed by atoms with Crippen molar-refractivity contribution in [3.8, 4) is 0 Å². The molecule has 1 aliphatic heterocycles. The Hall–Kier alpha value is -0.300. The SMILES string of the molecule is CS/C(=N\CCCNCCO)N1CCNCC1. The van der Waals surface area contributed by atoms with Crippen LogP contribution in [0, 0.1) is 0 Å². The van der Waals surface area contributed by atoms with Crippen LogP contribution in [-0.2, 0) is 0 Å². The summed E-state index contributed by atoms with van der Waals surface area (Å²) in [5, 5.41) is 16.3. The van der Waals surface area contributed by atoms with Crippen molar-refractivity contribution in [3.05, 3.63) is 0 Å². The largest absolute Gasteiger partial charge is 0.395 e. The maximum Gasteiger partial charge on any atom is 0.158 e. The zero-order chi connectivity index (χ0) is 12.3. The van der Waals surface area contributed by atoms with E-state index in [1.54, 1.807) is 11.8 Å². The lowest BCUT2D eigenvalue weighted by molar-refractivity contribution is 0.292. The fourth-order valence-corrected chi connectivity index (χ4v) is 2.39. The van der Waals surface area contributed by atoms with Gasteiger partial charge in [0, 0.05) is 39.3 Å².